The molecule has 7 nitrogen and oxygen atoms in total. The molecular weight excluding hydrogens is 473 g/mol. The summed E-state index contributed by atoms with van der Waals surface area (Å²) < 4.78 is 45.9. The van der Waals surface area contributed by atoms with E-state index in [2.05, 4.69) is 15.2 Å². The number of benzene rings is 2. The lowest BCUT2D eigenvalue weighted by molar-refractivity contribution is -0.140. The van der Waals surface area contributed by atoms with E-state index < -0.39 is 11.7 Å². The predicted octanol–water partition coefficient (Wildman–Crippen LogP) is 4.44. The average Bonchev–Trinajstić information content (AvgIpc) is 3.36. The molecule has 1 aliphatic heterocycles. The van der Waals surface area contributed by atoms with Crippen LogP contribution in [0.5, 0.6) is 0 Å². The van der Waals surface area contributed by atoms with Crippen molar-refractivity contribution in [1.29, 1.82) is 0 Å². The Morgan fingerprint density at radius 1 is 1.11 bits per heavy atom. The van der Waals surface area contributed by atoms with E-state index >= 15 is 0 Å². The smallest absolute Gasteiger partial charge is 0.416 e. The molecule has 0 spiro atoms. The number of alkyl halides is 3. The number of halogens is 3. The highest BCUT2D eigenvalue weighted by Gasteiger charge is 2.33. The Labute approximate surface area is 206 Å². The fraction of sp³-hybridized carbons (Fsp3) is 0.346. The second-order valence-corrected chi connectivity index (χ2v) is 8.82. The van der Waals surface area contributed by atoms with Crippen LogP contribution >= 0.6 is 0 Å². The molecule has 1 amide bonds. The summed E-state index contributed by atoms with van der Waals surface area (Å²) in [5.74, 6) is -0.0387. The highest BCUT2D eigenvalue weighted by molar-refractivity contribution is 6.00. The summed E-state index contributed by atoms with van der Waals surface area (Å²) in [6.45, 7) is 4.91. The molecule has 0 radical (unpaired) electrons. The van der Waals surface area contributed by atoms with Gasteiger partial charge in [-0.25, -0.2) is 4.68 Å². The number of nitrogens with one attached hydrogen (secondary N) is 1. The van der Waals surface area contributed by atoms with Gasteiger partial charge in [-0.2, -0.15) is 18.3 Å². The van der Waals surface area contributed by atoms with Crippen LogP contribution in [0.1, 0.15) is 51.3 Å². The van der Waals surface area contributed by atoms with E-state index in [1.165, 1.54) is 13.2 Å². The Morgan fingerprint density at radius 3 is 2.50 bits per heavy atom. The zero-order chi connectivity index (χ0) is 26.0. The number of fused-ring (bicyclic) bond motifs is 1. The van der Waals surface area contributed by atoms with Crippen molar-refractivity contribution in [3.63, 3.8) is 0 Å². The number of hydrogen-bond acceptors (Lipinski definition) is 5. The van der Waals surface area contributed by atoms with Gasteiger partial charge in [0, 0.05) is 13.1 Å². The number of amides is 1. The fourth-order valence-corrected chi connectivity index (χ4v) is 4.37. The van der Waals surface area contributed by atoms with Crippen LogP contribution in [0.2, 0.25) is 0 Å². The molecule has 190 valence electrons. The Hall–Kier alpha value is -3.82. The van der Waals surface area contributed by atoms with Crippen LogP contribution in [-0.2, 0) is 35.2 Å². The number of aromatic nitrogens is 2. The number of carbonyl (C=O) groups excluding carboxylic acids is 2. The van der Waals surface area contributed by atoms with Gasteiger partial charge in [0.25, 0.3) is 5.91 Å². The SMILES string of the molecule is COC(=O)Cc1ccc([C@H](C)NC(=O)c2c(C)nn3c2N(Cc2cccc(C(F)(F)F)c2)CC3)cc1. The topological polar surface area (TPSA) is 76.5 Å². The van der Waals surface area contributed by atoms with E-state index in [1.54, 1.807) is 17.7 Å². The molecule has 1 aliphatic rings. The molecule has 0 saturated heterocycles. The number of carbonyl (C=O) groups is 2. The van der Waals surface area contributed by atoms with Crippen LogP contribution in [-0.4, -0.2) is 35.3 Å². The molecule has 1 N–H and O–H groups in total. The van der Waals surface area contributed by atoms with Crippen LogP contribution < -0.4 is 10.2 Å². The van der Waals surface area contributed by atoms with Gasteiger partial charge >= 0.3 is 12.1 Å². The number of ether oxygens (including phenoxy) is 1. The van der Waals surface area contributed by atoms with Crippen molar-refractivity contribution in [2.24, 2.45) is 0 Å². The first-order chi connectivity index (χ1) is 17.1. The quantitative estimate of drug-likeness (QED) is 0.486. The monoisotopic (exact) mass is 500 g/mol. The molecule has 10 heteroatoms. The molecule has 36 heavy (non-hydrogen) atoms. The van der Waals surface area contributed by atoms with Crippen LogP contribution in [0.15, 0.2) is 48.5 Å². The zero-order valence-electron chi connectivity index (χ0n) is 20.2. The first-order valence-electron chi connectivity index (χ1n) is 11.5. The summed E-state index contributed by atoms with van der Waals surface area (Å²) in [4.78, 5) is 26.7. The molecule has 1 atom stereocenters. The summed E-state index contributed by atoms with van der Waals surface area (Å²) in [6.07, 6.45) is -4.25. The summed E-state index contributed by atoms with van der Waals surface area (Å²) in [6, 6.07) is 12.2. The summed E-state index contributed by atoms with van der Waals surface area (Å²) in [5, 5.41) is 7.47. The summed E-state index contributed by atoms with van der Waals surface area (Å²) >= 11 is 0. The van der Waals surface area contributed by atoms with Gasteiger partial charge in [-0.3, -0.25) is 9.59 Å². The van der Waals surface area contributed by atoms with Gasteiger partial charge in [0.05, 0.1) is 37.4 Å². The van der Waals surface area contributed by atoms with Crippen LogP contribution in [0, 0.1) is 6.92 Å². The molecule has 0 unspecified atom stereocenters. The second kappa shape index (κ2) is 10.0. The van der Waals surface area contributed by atoms with Crippen LogP contribution in [0.4, 0.5) is 19.0 Å². The summed E-state index contributed by atoms with van der Waals surface area (Å²) in [5.41, 5.74) is 2.43. The zero-order valence-corrected chi connectivity index (χ0v) is 20.2. The molecule has 0 bridgehead atoms. The van der Waals surface area contributed by atoms with E-state index in [4.69, 9.17) is 0 Å². The van der Waals surface area contributed by atoms with Crippen molar-refractivity contribution in [1.82, 2.24) is 15.1 Å². The molecule has 0 fully saturated rings. The minimum Gasteiger partial charge on any atom is -0.469 e. The van der Waals surface area contributed by atoms with E-state index in [1.807, 2.05) is 36.1 Å². The van der Waals surface area contributed by atoms with Crippen LogP contribution in [0.3, 0.4) is 0 Å². The van der Waals surface area contributed by atoms with Crippen molar-refractivity contribution >= 4 is 17.7 Å². The number of aryl methyl sites for hydroxylation is 1. The first kappa shape index (κ1) is 25.3. The van der Waals surface area contributed by atoms with E-state index in [0.717, 1.165) is 23.3 Å². The molecule has 3 aromatic rings. The van der Waals surface area contributed by atoms with Crippen molar-refractivity contribution in [3.8, 4) is 0 Å². The van der Waals surface area contributed by atoms with Gasteiger partial charge in [0.1, 0.15) is 11.4 Å². The number of hydrogen-bond donors (Lipinski definition) is 1. The van der Waals surface area contributed by atoms with Gasteiger partial charge in [-0.15, -0.1) is 0 Å². The Kier molecular flexibility index (Phi) is 7.05. The number of esters is 1. The minimum absolute atomic E-state index is 0.168. The van der Waals surface area contributed by atoms with Gasteiger partial charge in [0.15, 0.2) is 0 Å². The number of anilines is 1. The molecule has 2 aromatic carbocycles. The normalized spacial score (nSPS) is 13.9. The maximum atomic E-state index is 13.3. The number of nitrogens with zero attached hydrogens (tertiary/aromatic N) is 3. The van der Waals surface area contributed by atoms with Gasteiger partial charge in [0.2, 0.25) is 0 Å². The van der Waals surface area contributed by atoms with E-state index in [-0.39, 0.29) is 30.9 Å². The lowest BCUT2D eigenvalue weighted by atomic mass is 10.0. The average molecular weight is 501 g/mol. The predicted molar refractivity (Wildman–Crippen MR) is 128 cm³/mol. The van der Waals surface area contributed by atoms with Crippen molar-refractivity contribution in [2.45, 2.75) is 45.6 Å². The van der Waals surface area contributed by atoms with E-state index in [0.29, 0.717) is 35.7 Å². The Balaban J connectivity index is 1.50. The molecule has 2 heterocycles. The second-order valence-electron chi connectivity index (χ2n) is 8.82. The maximum absolute atomic E-state index is 13.3. The molecule has 4 rings (SSSR count). The van der Waals surface area contributed by atoms with Crippen molar-refractivity contribution in [3.05, 3.63) is 82.0 Å². The van der Waals surface area contributed by atoms with Gasteiger partial charge in [-0.1, -0.05) is 36.4 Å². The maximum Gasteiger partial charge on any atom is 0.416 e. The van der Waals surface area contributed by atoms with Crippen molar-refractivity contribution in [2.75, 3.05) is 18.6 Å². The molecule has 0 saturated carbocycles. The summed E-state index contributed by atoms with van der Waals surface area (Å²) in [7, 11) is 1.34. The number of rotatable bonds is 7. The third-order valence-corrected chi connectivity index (χ3v) is 6.24. The number of methoxy groups -OCH3 is 1. The highest BCUT2D eigenvalue weighted by Crippen LogP contribution is 2.33. The van der Waals surface area contributed by atoms with Gasteiger partial charge < -0.3 is 15.0 Å². The lowest BCUT2D eigenvalue weighted by Crippen LogP contribution is -2.29. The lowest BCUT2D eigenvalue weighted by Gasteiger charge is -2.21. The third kappa shape index (κ3) is 5.37. The highest BCUT2D eigenvalue weighted by atomic mass is 19.4. The van der Waals surface area contributed by atoms with Crippen molar-refractivity contribution < 1.29 is 27.5 Å². The standard InChI is InChI=1S/C26H27F3N4O3/c1-16(20-9-7-18(8-10-20)14-22(34)36-3)30-24(35)23-17(2)31-33-12-11-32(25(23)33)15-19-5-4-6-21(13-19)26(27,28)29/h4-10,13,16H,11-12,14-15H2,1-3H3,(H,30,35)/t16-/m0/s1. The third-order valence-electron chi connectivity index (χ3n) is 6.24. The van der Waals surface area contributed by atoms with Gasteiger partial charge in [-0.05, 0) is 42.7 Å². The fourth-order valence-electron chi connectivity index (χ4n) is 4.37. The first-order valence-corrected chi connectivity index (χ1v) is 11.5. The molecule has 0 aliphatic carbocycles. The Morgan fingerprint density at radius 2 is 1.83 bits per heavy atom. The van der Waals surface area contributed by atoms with Crippen LogP contribution in [0.25, 0.3) is 0 Å². The molecular formula is C26H27F3N4O3. The Bertz CT molecular complexity index is 1270. The van der Waals surface area contributed by atoms with E-state index in [9.17, 15) is 22.8 Å². The largest absolute Gasteiger partial charge is 0.469 e. The minimum atomic E-state index is -4.42. The molecule has 1 aromatic heterocycles.